The van der Waals surface area contributed by atoms with E-state index >= 15 is 0 Å². The maximum absolute atomic E-state index is 12.0. The number of carboxylic acid groups (broad SMARTS) is 1. The van der Waals surface area contributed by atoms with Gasteiger partial charge in [-0.25, -0.2) is 0 Å². The summed E-state index contributed by atoms with van der Waals surface area (Å²) in [5.41, 5.74) is 1.82. The van der Waals surface area contributed by atoms with E-state index in [1.807, 2.05) is 52.0 Å². The summed E-state index contributed by atoms with van der Waals surface area (Å²) in [7, 11) is 0. The topological polar surface area (TPSA) is 69.6 Å². The van der Waals surface area contributed by atoms with E-state index in [4.69, 9.17) is 5.11 Å². The fourth-order valence-electron chi connectivity index (χ4n) is 1.83. The van der Waals surface area contributed by atoms with Gasteiger partial charge in [-0.1, -0.05) is 29.8 Å². The summed E-state index contributed by atoms with van der Waals surface area (Å²) in [4.78, 5) is 24.5. The zero-order valence-corrected chi connectivity index (χ0v) is 13.1. The van der Waals surface area contributed by atoms with E-state index in [2.05, 4.69) is 5.32 Å². The molecule has 1 amide bonds. The lowest BCUT2D eigenvalue weighted by molar-refractivity contribution is -0.140. The SMILES string of the molecule is Cc1ccc(CNC(=O)CN(CC(=O)O)C(C)(C)C)cc1. The molecule has 0 aliphatic rings. The first kappa shape index (κ1) is 17.2. The molecule has 116 valence electrons. The van der Waals surface area contributed by atoms with Crippen molar-refractivity contribution in [2.45, 2.75) is 39.8 Å². The van der Waals surface area contributed by atoms with E-state index in [0.29, 0.717) is 6.54 Å². The van der Waals surface area contributed by atoms with Crippen LogP contribution in [-0.2, 0) is 16.1 Å². The van der Waals surface area contributed by atoms with Crippen molar-refractivity contribution in [3.05, 3.63) is 35.4 Å². The van der Waals surface area contributed by atoms with Crippen molar-refractivity contribution >= 4 is 11.9 Å². The van der Waals surface area contributed by atoms with Gasteiger partial charge in [-0.3, -0.25) is 14.5 Å². The molecule has 0 bridgehead atoms. The zero-order valence-electron chi connectivity index (χ0n) is 13.1. The Bertz CT molecular complexity index is 489. The highest BCUT2D eigenvalue weighted by molar-refractivity contribution is 5.79. The van der Waals surface area contributed by atoms with Crippen LogP contribution in [0.2, 0.25) is 0 Å². The summed E-state index contributed by atoms with van der Waals surface area (Å²) in [5, 5.41) is 11.7. The lowest BCUT2D eigenvalue weighted by atomic mass is 10.1. The first-order valence-electron chi connectivity index (χ1n) is 6.97. The summed E-state index contributed by atoms with van der Waals surface area (Å²) < 4.78 is 0. The van der Waals surface area contributed by atoms with Gasteiger partial charge in [0, 0.05) is 12.1 Å². The molecule has 0 saturated heterocycles. The van der Waals surface area contributed by atoms with E-state index in [1.165, 1.54) is 5.56 Å². The smallest absolute Gasteiger partial charge is 0.317 e. The van der Waals surface area contributed by atoms with Gasteiger partial charge in [0.05, 0.1) is 13.1 Å². The van der Waals surface area contributed by atoms with E-state index in [-0.39, 0.29) is 24.5 Å². The minimum absolute atomic E-state index is 0.0711. The second kappa shape index (κ2) is 7.22. The van der Waals surface area contributed by atoms with Crippen molar-refractivity contribution < 1.29 is 14.7 Å². The number of amides is 1. The van der Waals surface area contributed by atoms with Gasteiger partial charge >= 0.3 is 5.97 Å². The van der Waals surface area contributed by atoms with Crippen LogP contribution in [0.1, 0.15) is 31.9 Å². The van der Waals surface area contributed by atoms with Crippen molar-refractivity contribution in [3.8, 4) is 0 Å². The standard InChI is InChI=1S/C16H24N2O3/c1-12-5-7-13(8-6-12)9-17-14(19)10-18(11-15(20)21)16(2,3)4/h5-8H,9-11H2,1-4H3,(H,17,19)(H,20,21). The monoisotopic (exact) mass is 292 g/mol. The Labute approximate surface area is 126 Å². The van der Waals surface area contributed by atoms with Gasteiger partial charge in [0.25, 0.3) is 0 Å². The molecule has 0 aromatic heterocycles. The molecule has 0 heterocycles. The predicted molar refractivity (Wildman–Crippen MR) is 82.0 cm³/mol. The van der Waals surface area contributed by atoms with Crippen LogP contribution in [0.4, 0.5) is 0 Å². The van der Waals surface area contributed by atoms with Crippen LogP contribution >= 0.6 is 0 Å². The Hall–Kier alpha value is -1.88. The molecule has 0 aliphatic carbocycles. The third-order valence-corrected chi connectivity index (χ3v) is 3.22. The van der Waals surface area contributed by atoms with Crippen LogP contribution in [0.5, 0.6) is 0 Å². The van der Waals surface area contributed by atoms with Crippen molar-refractivity contribution in [2.75, 3.05) is 13.1 Å². The minimum atomic E-state index is -0.934. The Morgan fingerprint density at radius 1 is 1.14 bits per heavy atom. The Morgan fingerprint density at radius 2 is 1.71 bits per heavy atom. The molecule has 0 fully saturated rings. The van der Waals surface area contributed by atoms with Gasteiger partial charge in [-0.15, -0.1) is 0 Å². The average Bonchev–Trinajstić information content (AvgIpc) is 2.36. The molecule has 0 spiro atoms. The number of carbonyl (C=O) groups excluding carboxylic acids is 1. The highest BCUT2D eigenvalue weighted by Crippen LogP contribution is 2.12. The van der Waals surface area contributed by atoms with Crippen molar-refractivity contribution in [3.63, 3.8) is 0 Å². The van der Waals surface area contributed by atoms with Crippen LogP contribution in [0, 0.1) is 6.92 Å². The third-order valence-electron chi connectivity index (χ3n) is 3.22. The number of nitrogens with one attached hydrogen (secondary N) is 1. The molecule has 0 atom stereocenters. The molecule has 5 heteroatoms. The summed E-state index contributed by atoms with van der Waals surface area (Å²) in [6.45, 7) is 8.05. The molecule has 0 unspecified atom stereocenters. The van der Waals surface area contributed by atoms with Gasteiger partial charge in [0.15, 0.2) is 0 Å². The van der Waals surface area contributed by atoms with Crippen molar-refractivity contribution in [1.29, 1.82) is 0 Å². The van der Waals surface area contributed by atoms with Gasteiger partial charge in [0.1, 0.15) is 0 Å². The molecule has 0 radical (unpaired) electrons. The molecular formula is C16H24N2O3. The van der Waals surface area contributed by atoms with Crippen LogP contribution in [0.15, 0.2) is 24.3 Å². The summed E-state index contributed by atoms with van der Waals surface area (Å²) in [5.74, 6) is -1.11. The van der Waals surface area contributed by atoms with Crippen molar-refractivity contribution in [1.82, 2.24) is 10.2 Å². The molecular weight excluding hydrogens is 268 g/mol. The average molecular weight is 292 g/mol. The Kier molecular flexibility index (Phi) is 5.90. The second-order valence-electron chi connectivity index (χ2n) is 6.18. The zero-order chi connectivity index (χ0) is 16.0. The van der Waals surface area contributed by atoms with Crippen LogP contribution < -0.4 is 5.32 Å². The molecule has 21 heavy (non-hydrogen) atoms. The first-order chi connectivity index (χ1) is 9.68. The number of aliphatic carboxylic acids is 1. The van der Waals surface area contributed by atoms with Crippen molar-refractivity contribution in [2.24, 2.45) is 0 Å². The highest BCUT2D eigenvalue weighted by Gasteiger charge is 2.25. The molecule has 5 nitrogen and oxygen atoms in total. The number of carbonyl (C=O) groups is 2. The normalized spacial score (nSPS) is 11.5. The molecule has 0 aliphatic heterocycles. The fourth-order valence-corrected chi connectivity index (χ4v) is 1.83. The lowest BCUT2D eigenvalue weighted by Crippen LogP contribution is -2.49. The van der Waals surface area contributed by atoms with Gasteiger partial charge in [-0.2, -0.15) is 0 Å². The number of nitrogens with zero attached hydrogens (tertiary/aromatic N) is 1. The first-order valence-corrected chi connectivity index (χ1v) is 6.97. The van der Waals surface area contributed by atoms with Gasteiger partial charge < -0.3 is 10.4 Å². The number of hydrogen-bond acceptors (Lipinski definition) is 3. The van der Waals surface area contributed by atoms with Crippen LogP contribution in [0.25, 0.3) is 0 Å². The van der Waals surface area contributed by atoms with Gasteiger partial charge in [0.2, 0.25) is 5.91 Å². The van der Waals surface area contributed by atoms with Crippen LogP contribution in [0.3, 0.4) is 0 Å². The Morgan fingerprint density at radius 3 is 2.19 bits per heavy atom. The van der Waals surface area contributed by atoms with E-state index in [0.717, 1.165) is 5.56 Å². The molecule has 1 aromatic rings. The highest BCUT2D eigenvalue weighted by atomic mass is 16.4. The van der Waals surface area contributed by atoms with E-state index in [1.54, 1.807) is 4.90 Å². The largest absolute Gasteiger partial charge is 0.480 e. The molecule has 0 saturated carbocycles. The van der Waals surface area contributed by atoms with Gasteiger partial charge in [-0.05, 0) is 33.3 Å². The predicted octanol–water partition coefficient (Wildman–Crippen LogP) is 1.80. The minimum Gasteiger partial charge on any atom is -0.480 e. The number of benzene rings is 1. The quantitative estimate of drug-likeness (QED) is 0.839. The van der Waals surface area contributed by atoms with E-state index < -0.39 is 5.97 Å². The maximum atomic E-state index is 12.0. The molecule has 1 rings (SSSR count). The molecule has 1 aromatic carbocycles. The number of rotatable bonds is 6. The molecule has 2 N–H and O–H groups in total. The maximum Gasteiger partial charge on any atom is 0.317 e. The lowest BCUT2D eigenvalue weighted by Gasteiger charge is -2.33. The fraction of sp³-hybridized carbons (Fsp3) is 0.500. The summed E-state index contributed by atoms with van der Waals surface area (Å²) in [6.07, 6.45) is 0. The summed E-state index contributed by atoms with van der Waals surface area (Å²) in [6, 6.07) is 7.92. The Balaban J connectivity index is 2.54. The number of aryl methyl sites for hydroxylation is 1. The second-order valence-corrected chi connectivity index (χ2v) is 6.18. The van der Waals surface area contributed by atoms with E-state index in [9.17, 15) is 9.59 Å². The number of carboxylic acids is 1. The summed E-state index contributed by atoms with van der Waals surface area (Å²) >= 11 is 0. The van der Waals surface area contributed by atoms with Crippen LogP contribution in [-0.4, -0.2) is 40.5 Å². The number of hydrogen-bond donors (Lipinski definition) is 2. The third kappa shape index (κ3) is 6.40.